The molecule has 0 amide bonds. The minimum atomic E-state index is -4.94. The topological polar surface area (TPSA) is 179 Å². The molecule has 0 N–H and O–H groups in total. The van der Waals surface area contributed by atoms with E-state index in [1.807, 2.05) is 6.92 Å². The molecule has 18 heteroatoms. The molecule has 0 atom stereocenters. The second-order valence-corrected chi connectivity index (χ2v) is 8.29. The highest BCUT2D eigenvalue weighted by atomic mass is 19.4. The Labute approximate surface area is 230 Å². The monoisotopic (exact) mass is 592 g/mol. The molecule has 2 aromatic rings. The molecule has 0 saturated carbocycles. The van der Waals surface area contributed by atoms with Crippen molar-refractivity contribution in [3.8, 4) is 0 Å². The molecule has 0 aliphatic heterocycles. The van der Waals surface area contributed by atoms with Crippen LogP contribution in [0.2, 0.25) is 0 Å². The summed E-state index contributed by atoms with van der Waals surface area (Å²) < 4.78 is 53.7. The lowest BCUT2D eigenvalue weighted by molar-refractivity contribution is -0.394. The first-order valence-corrected chi connectivity index (χ1v) is 12.2. The molecule has 226 valence electrons. The van der Waals surface area contributed by atoms with Crippen molar-refractivity contribution in [3.63, 3.8) is 0 Å². The number of anilines is 2. The number of rotatable bonds is 12. The highest BCUT2D eigenvalue weighted by Crippen LogP contribution is 2.44. The Morgan fingerprint density at radius 2 is 1.12 bits per heavy atom. The van der Waals surface area contributed by atoms with E-state index in [2.05, 4.69) is 0 Å². The second-order valence-electron chi connectivity index (χ2n) is 8.29. The highest BCUT2D eigenvalue weighted by molar-refractivity contribution is 5.72. The quantitative estimate of drug-likeness (QED) is 0.147. The third kappa shape index (κ3) is 8.67. The van der Waals surface area contributed by atoms with Gasteiger partial charge in [0.05, 0.1) is 43.5 Å². The summed E-state index contributed by atoms with van der Waals surface area (Å²) in [6.07, 6.45) is -3.70. The number of nitro groups is 4. The molecule has 41 heavy (non-hydrogen) atoms. The molecule has 0 radical (unpaired) electrons. The molecule has 0 bridgehead atoms. The van der Waals surface area contributed by atoms with Crippen LogP contribution in [-0.4, -0.2) is 45.9 Å². The van der Waals surface area contributed by atoms with Crippen molar-refractivity contribution in [1.82, 2.24) is 0 Å². The van der Waals surface area contributed by atoms with Crippen molar-refractivity contribution < 1.29 is 37.3 Å². The fraction of sp³-hybridized carbons (Fsp3) is 0.478. The van der Waals surface area contributed by atoms with E-state index in [-0.39, 0.29) is 18.8 Å². The van der Waals surface area contributed by atoms with E-state index in [1.54, 1.807) is 20.8 Å². The third-order valence-electron chi connectivity index (χ3n) is 5.78. The van der Waals surface area contributed by atoms with Crippen molar-refractivity contribution in [1.29, 1.82) is 0 Å². The van der Waals surface area contributed by atoms with E-state index in [0.29, 0.717) is 44.1 Å². The van der Waals surface area contributed by atoms with Crippen LogP contribution in [0.25, 0.3) is 0 Å². The molecule has 2 rings (SSSR count). The van der Waals surface area contributed by atoms with Crippen LogP contribution in [0.4, 0.5) is 51.7 Å². The van der Waals surface area contributed by atoms with Crippen LogP contribution in [0.15, 0.2) is 24.3 Å². The molecule has 0 heterocycles. The summed E-state index contributed by atoms with van der Waals surface area (Å²) in [5.41, 5.74) is -5.29. The van der Waals surface area contributed by atoms with Crippen LogP contribution in [0.5, 0.6) is 0 Å². The van der Waals surface area contributed by atoms with E-state index >= 15 is 0 Å². The first-order chi connectivity index (χ1) is 19.0. The zero-order chi connectivity index (χ0) is 31.7. The van der Waals surface area contributed by atoms with Crippen LogP contribution >= 0.6 is 0 Å². The summed E-state index contributed by atoms with van der Waals surface area (Å²) in [6, 6.07) is 2.38. The Morgan fingerprint density at radius 3 is 1.49 bits per heavy atom. The van der Waals surface area contributed by atoms with Crippen molar-refractivity contribution in [3.05, 3.63) is 76.1 Å². The van der Waals surface area contributed by atoms with E-state index in [1.165, 1.54) is 9.80 Å². The van der Waals surface area contributed by atoms with Gasteiger partial charge in [-0.15, -0.1) is 0 Å². The largest absolute Gasteiger partial charge is 0.418 e. The summed E-state index contributed by atoms with van der Waals surface area (Å²) in [5.74, 6) is -0.959. The Morgan fingerprint density at radius 1 is 0.683 bits per heavy atom. The van der Waals surface area contributed by atoms with Crippen molar-refractivity contribution in [2.24, 2.45) is 0 Å². The number of non-ortho nitro benzene ring substituents is 2. The normalized spacial score (nSPS) is 10.8. The Kier molecular flexibility index (Phi) is 12.3. The molecule has 0 aromatic heterocycles. The Balaban J connectivity index is 0.000000422. The van der Waals surface area contributed by atoms with Crippen LogP contribution in [-0.2, 0) is 6.18 Å². The van der Waals surface area contributed by atoms with Gasteiger partial charge >= 0.3 is 11.9 Å². The Hall–Kier alpha value is -4.64. The maximum Gasteiger partial charge on any atom is 0.418 e. The van der Waals surface area contributed by atoms with Crippen LogP contribution in [0.1, 0.15) is 46.1 Å². The smallest absolute Gasteiger partial charge is 0.366 e. The van der Waals surface area contributed by atoms with Gasteiger partial charge in [0.1, 0.15) is 5.69 Å². The lowest BCUT2D eigenvalue weighted by Gasteiger charge is -2.25. The number of nitro benzene ring substituents is 4. The molecule has 0 unspecified atom stereocenters. The van der Waals surface area contributed by atoms with E-state index in [4.69, 9.17) is 0 Å². The van der Waals surface area contributed by atoms with Gasteiger partial charge in [0.25, 0.3) is 17.1 Å². The minimum Gasteiger partial charge on any atom is -0.366 e. The predicted octanol–water partition coefficient (Wildman–Crippen LogP) is 6.64. The van der Waals surface area contributed by atoms with Gasteiger partial charge in [-0.2, -0.15) is 13.2 Å². The standard InChI is InChI=1S/C13H16F3N3O4.C10H12FN3O4/c1-3-5-6-17(4-2)12-10(13(14,15)16)7-9(18(20)21)8-11(12)19(22)23;1-3-12(4-2)10-8(11)5-7(13(15)16)6-9(10)14(17)18/h7-8H,3-6H2,1-2H3;5-6H,3-4H2,1-2H3. The van der Waals surface area contributed by atoms with Gasteiger partial charge in [0.15, 0.2) is 11.5 Å². The fourth-order valence-corrected chi connectivity index (χ4v) is 3.84. The lowest BCUT2D eigenvalue weighted by Crippen LogP contribution is -2.28. The molecular weight excluding hydrogens is 564 g/mol. The zero-order valence-corrected chi connectivity index (χ0v) is 22.5. The van der Waals surface area contributed by atoms with E-state index < -0.39 is 65.7 Å². The van der Waals surface area contributed by atoms with Crippen LogP contribution in [0.3, 0.4) is 0 Å². The maximum absolute atomic E-state index is 13.8. The summed E-state index contributed by atoms with van der Waals surface area (Å²) in [5, 5.41) is 43.4. The van der Waals surface area contributed by atoms with Crippen molar-refractivity contribution in [2.75, 3.05) is 36.0 Å². The molecule has 2 aromatic carbocycles. The minimum absolute atomic E-state index is 0.113. The number of alkyl halides is 3. The molecule has 0 saturated heterocycles. The molecule has 0 aliphatic rings. The fourth-order valence-electron chi connectivity index (χ4n) is 3.84. The van der Waals surface area contributed by atoms with Gasteiger partial charge in [-0.1, -0.05) is 13.3 Å². The average molecular weight is 593 g/mol. The van der Waals surface area contributed by atoms with E-state index in [0.717, 1.165) is 6.07 Å². The third-order valence-corrected chi connectivity index (χ3v) is 5.78. The maximum atomic E-state index is 13.8. The van der Waals surface area contributed by atoms with Crippen LogP contribution < -0.4 is 9.80 Å². The van der Waals surface area contributed by atoms with Gasteiger partial charge in [0, 0.05) is 32.2 Å². The summed E-state index contributed by atoms with van der Waals surface area (Å²) >= 11 is 0. The predicted molar refractivity (Wildman–Crippen MR) is 141 cm³/mol. The zero-order valence-electron chi connectivity index (χ0n) is 22.5. The lowest BCUT2D eigenvalue weighted by atomic mass is 10.1. The SMILES string of the molecule is CCCCN(CC)c1c([N+](=O)[O-])cc([N+](=O)[O-])cc1C(F)(F)F.CCN(CC)c1c(F)cc([N+](=O)[O-])cc1[N+](=O)[O-]. The van der Waals surface area contributed by atoms with Crippen LogP contribution in [0, 0.1) is 46.3 Å². The number of hydrogen-bond acceptors (Lipinski definition) is 10. The summed E-state index contributed by atoms with van der Waals surface area (Å²) in [7, 11) is 0. The molecule has 0 spiro atoms. The number of hydrogen-bond donors (Lipinski definition) is 0. The number of halogens is 4. The summed E-state index contributed by atoms with van der Waals surface area (Å²) in [6.45, 7) is 7.88. The molecule has 14 nitrogen and oxygen atoms in total. The first-order valence-electron chi connectivity index (χ1n) is 12.2. The number of unbranched alkanes of at least 4 members (excludes halogenated alkanes) is 1. The second kappa shape index (κ2) is 14.7. The Bertz CT molecular complexity index is 1290. The van der Waals surface area contributed by atoms with Crippen molar-refractivity contribution >= 4 is 34.1 Å². The number of nitrogens with zero attached hydrogens (tertiary/aromatic N) is 6. The van der Waals surface area contributed by atoms with Gasteiger partial charge in [-0.25, -0.2) is 4.39 Å². The molecule has 0 fully saturated rings. The molecular formula is C23H28F4N6O8. The molecule has 0 aliphatic carbocycles. The van der Waals surface area contributed by atoms with Gasteiger partial charge in [-0.3, -0.25) is 40.5 Å². The van der Waals surface area contributed by atoms with Gasteiger partial charge in [0.2, 0.25) is 0 Å². The van der Waals surface area contributed by atoms with Crippen molar-refractivity contribution in [2.45, 2.75) is 46.7 Å². The first kappa shape index (κ1) is 34.4. The van der Waals surface area contributed by atoms with Gasteiger partial charge in [-0.05, 0) is 27.2 Å². The average Bonchev–Trinajstić information content (AvgIpc) is 2.89. The van der Waals surface area contributed by atoms with Gasteiger partial charge < -0.3 is 9.80 Å². The number of benzene rings is 2. The summed E-state index contributed by atoms with van der Waals surface area (Å²) in [4.78, 5) is 42.3. The highest BCUT2D eigenvalue weighted by Gasteiger charge is 2.41. The van der Waals surface area contributed by atoms with E-state index in [9.17, 15) is 58.0 Å².